The summed E-state index contributed by atoms with van der Waals surface area (Å²) in [6.45, 7) is 4.14. The molecule has 0 amide bonds. The highest BCUT2D eigenvalue weighted by atomic mass is 16.6. The molecule has 0 atom stereocenters. The van der Waals surface area contributed by atoms with Gasteiger partial charge in [0.2, 0.25) is 0 Å². The molecule has 1 aromatic carbocycles. The Morgan fingerprint density at radius 2 is 2.14 bits per heavy atom. The summed E-state index contributed by atoms with van der Waals surface area (Å²) in [5.41, 5.74) is 6.67. The molecule has 0 spiro atoms. The molecule has 0 aliphatic carbocycles. The van der Waals surface area contributed by atoms with Crippen LogP contribution in [0.15, 0.2) is 18.2 Å². The van der Waals surface area contributed by atoms with Crippen LogP contribution >= 0.6 is 0 Å². The van der Waals surface area contributed by atoms with Gasteiger partial charge < -0.3 is 5.73 Å². The molecule has 0 saturated carbocycles. The molecule has 14 heavy (non-hydrogen) atoms. The lowest BCUT2D eigenvalue weighted by Gasteiger charge is -2.05. The first kappa shape index (κ1) is 10.5. The summed E-state index contributed by atoms with van der Waals surface area (Å²) in [4.78, 5) is 10.1. The second-order valence-electron chi connectivity index (χ2n) is 3.75. The van der Waals surface area contributed by atoms with Gasteiger partial charge in [0.25, 0.3) is 5.69 Å². The maximum absolute atomic E-state index is 10.6. The Morgan fingerprint density at radius 1 is 1.50 bits per heavy atom. The van der Waals surface area contributed by atoms with Crippen LogP contribution in [-0.2, 0) is 6.42 Å². The van der Waals surface area contributed by atoms with Gasteiger partial charge in [-0.15, -0.1) is 0 Å². The molecule has 1 aromatic rings. The zero-order valence-electron chi connectivity index (χ0n) is 8.36. The second kappa shape index (κ2) is 4.09. The van der Waals surface area contributed by atoms with Crippen LogP contribution in [0.4, 0.5) is 11.4 Å². The fourth-order valence-corrected chi connectivity index (χ4v) is 1.35. The van der Waals surface area contributed by atoms with E-state index in [0.29, 0.717) is 5.92 Å². The molecule has 0 bridgehead atoms. The van der Waals surface area contributed by atoms with Crippen molar-refractivity contribution in [1.29, 1.82) is 0 Å². The van der Waals surface area contributed by atoms with Crippen molar-refractivity contribution in [3.63, 3.8) is 0 Å². The van der Waals surface area contributed by atoms with Crippen LogP contribution in [-0.4, -0.2) is 4.92 Å². The Morgan fingerprint density at radius 3 is 2.64 bits per heavy atom. The van der Waals surface area contributed by atoms with Crippen molar-refractivity contribution in [3.05, 3.63) is 33.9 Å². The summed E-state index contributed by atoms with van der Waals surface area (Å²) >= 11 is 0. The van der Waals surface area contributed by atoms with Gasteiger partial charge in [0.05, 0.1) is 4.92 Å². The number of hydrogen-bond donors (Lipinski definition) is 1. The van der Waals surface area contributed by atoms with Gasteiger partial charge in [-0.2, -0.15) is 0 Å². The Hall–Kier alpha value is -1.58. The Labute approximate surface area is 82.9 Å². The predicted molar refractivity (Wildman–Crippen MR) is 56.1 cm³/mol. The van der Waals surface area contributed by atoms with Gasteiger partial charge in [0.1, 0.15) is 5.69 Å². The predicted octanol–water partition coefficient (Wildman–Crippen LogP) is 2.38. The number of nitrogens with zero attached hydrogens (tertiary/aromatic N) is 1. The quantitative estimate of drug-likeness (QED) is 0.456. The van der Waals surface area contributed by atoms with E-state index in [4.69, 9.17) is 5.73 Å². The molecule has 4 nitrogen and oxygen atoms in total. The molecule has 0 unspecified atom stereocenters. The number of hydrogen-bond acceptors (Lipinski definition) is 3. The highest BCUT2D eigenvalue weighted by Crippen LogP contribution is 2.23. The number of nitrogens with two attached hydrogens (primary N) is 1. The smallest absolute Gasteiger partial charge is 0.292 e. The van der Waals surface area contributed by atoms with Crippen LogP contribution < -0.4 is 5.73 Å². The zero-order valence-corrected chi connectivity index (χ0v) is 8.36. The molecule has 0 aliphatic rings. The average Bonchev–Trinajstić information content (AvgIpc) is 2.07. The standard InChI is InChI=1S/C10H14N2O2/c1-7(2)5-8-3-4-9(11)10(6-8)12(13)14/h3-4,6-7H,5,11H2,1-2H3. The lowest BCUT2D eigenvalue weighted by molar-refractivity contribution is -0.384. The van der Waals surface area contributed by atoms with Crippen LogP contribution in [0.1, 0.15) is 19.4 Å². The molecule has 76 valence electrons. The first-order valence-corrected chi connectivity index (χ1v) is 4.53. The molecule has 0 heterocycles. The van der Waals surface area contributed by atoms with Gasteiger partial charge >= 0.3 is 0 Å². The van der Waals surface area contributed by atoms with E-state index in [1.165, 1.54) is 0 Å². The fourth-order valence-electron chi connectivity index (χ4n) is 1.35. The summed E-state index contributed by atoms with van der Waals surface area (Å²) in [6.07, 6.45) is 0.834. The van der Waals surface area contributed by atoms with Gasteiger partial charge in [-0.25, -0.2) is 0 Å². The fraction of sp³-hybridized carbons (Fsp3) is 0.400. The lowest BCUT2D eigenvalue weighted by atomic mass is 10.0. The van der Waals surface area contributed by atoms with E-state index in [9.17, 15) is 10.1 Å². The molecule has 0 radical (unpaired) electrons. The average molecular weight is 194 g/mol. The van der Waals surface area contributed by atoms with Crippen molar-refractivity contribution in [2.24, 2.45) is 5.92 Å². The van der Waals surface area contributed by atoms with Gasteiger partial charge in [0, 0.05) is 6.07 Å². The first-order valence-electron chi connectivity index (χ1n) is 4.53. The van der Waals surface area contributed by atoms with Gasteiger partial charge in [-0.05, 0) is 24.0 Å². The first-order chi connectivity index (χ1) is 6.50. The zero-order chi connectivity index (χ0) is 10.7. The normalized spacial score (nSPS) is 10.5. The second-order valence-corrected chi connectivity index (χ2v) is 3.75. The van der Waals surface area contributed by atoms with Crippen molar-refractivity contribution >= 4 is 11.4 Å². The third-order valence-electron chi connectivity index (χ3n) is 1.94. The number of nitro benzene ring substituents is 1. The highest BCUT2D eigenvalue weighted by Gasteiger charge is 2.11. The van der Waals surface area contributed by atoms with E-state index in [2.05, 4.69) is 13.8 Å². The van der Waals surface area contributed by atoms with Gasteiger partial charge in [-0.3, -0.25) is 10.1 Å². The largest absolute Gasteiger partial charge is 0.393 e. The molecule has 2 N–H and O–H groups in total. The van der Waals surface area contributed by atoms with E-state index >= 15 is 0 Å². The minimum absolute atomic E-state index is 0.00292. The Kier molecular flexibility index (Phi) is 3.06. The van der Waals surface area contributed by atoms with E-state index in [-0.39, 0.29) is 11.4 Å². The monoisotopic (exact) mass is 194 g/mol. The summed E-state index contributed by atoms with van der Waals surface area (Å²) in [5, 5.41) is 10.6. The number of rotatable bonds is 3. The summed E-state index contributed by atoms with van der Waals surface area (Å²) < 4.78 is 0. The number of nitrogen functional groups attached to an aromatic ring is 1. The maximum atomic E-state index is 10.6. The Balaban J connectivity index is 3.00. The summed E-state index contributed by atoms with van der Waals surface area (Å²) in [5.74, 6) is 0.484. The molecule has 0 fully saturated rings. The van der Waals surface area contributed by atoms with Crippen LogP contribution in [0, 0.1) is 16.0 Å². The van der Waals surface area contributed by atoms with E-state index in [1.807, 2.05) is 6.07 Å². The molecular formula is C10H14N2O2. The maximum Gasteiger partial charge on any atom is 0.292 e. The molecule has 4 heteroatoms. The molecule has 1 rings (SSSR count). The van der Waals surface area contributed by atoms with Crippen LogP contribution in [0.5, 0.6) is 0 Å². The van der Waals surface area contributed by atoms with Crippen LogP contribution in [0.2, 0.25) is 0 Å². The van der Waals surface area contributed by atoms with E-state index in [0.717, 1.165) is 12.0 Å². The summed E-state index contributed by atoms with van der Waals surface area (Å²) in [7, 11) is 0. The Bertz CT molecular complexity index is 348. The van der Waals surface area contributed by atoms with Gasteiger partial charge in [-0.1, -0.05) is 19.9 Å². The number of anilines is 1. The van der Waals surface area contributed by atoms with Crippen molar-refractivity contribution < 1.29 is 4.92 Å². The van der Waals surface area contributed by atoms with E-state index in [1.54, 1.807) is 12.1 Å². The molecule has 0 aliphatic heterocycles. The van der Waals surface area contributed by atoms with Gasteiger partial charge in [0.15, 0.2) is 0 Å². The van der Waals surface area contributed by atoms with Crippen molar-refractivity contribution in [3.8, 4) is 0 Å². The van der Waals surface area contributed by atoms with Crippen molar-refractivity contribution in [2.75, 3.05) is 5.73 Å². The topological polar surface area (TPSA) is 69.2 Å². The molecule has 0 saturated heterocycles. The highest BCUT2D eigenvalue weighted by molar-refractivity contribution is 5.59. The number of benzene rings is 1. The molecule has 0 aromatic heterocycles. The van der Waals surface area contributed by atoms with Crippen molar-refractivity contribution in [1.82, 2.24) is 0 Å². The lowest BCUT2D eigenvalue weighted by Crippen LogP contribution is -1.99. The van der Waals surface area contributed by atoms with E-state index < -0.39 is 4.92 Å². The third kappa shape index (κ3) is 2.45. The van der Waals surface area contributed by atoms with Crippen LogP contribution in [0.25, 0.3) is 0 Å². The third-order valence-corrected chi connectivity index (χ3v) is 1.94. The van der Waals surface area contributed by atoms with Crippen molar-refractivity contribution in [2.45, 2.75) is 20.3 Å². The van der Waals surface area contributed by atoms with Crippen LogP contribution in [0.3, 0.4) is 0 Å². The summed E-state index contributed by atoms with van der Waals surface area (Å²) in [6, 6.07) is 4.98. The minimum atomic E-state index is -0.445. The minimum Gasteiger partial charge on any atom is -0.393 e. The SMILES string of the molecule is CC(C)Cc1ccc(N)c([N+](=O)[O-])c1. The number of nitro groups is 1. The molecular weight excluding hydrogens is 180 g/mol.